The van der Waals surface area contributed by atoms with Crippen molar-refractivity contribution in [3.8, 4) is 0 Å². The van der Waals surface area contributed by atoms with Gasteiger partial charge in [-0.3, -0.25) is 10.2 Å². The van der Waals surface area contributed by atoms with Crippen LogP contribution >= 0.6 is 0 Å². The highest BCUT2D eigenvalue weighted by molar-refractivity contribution is 7.89. The zero-order valence-corrected chi connectivity index (χ0v) is 15.5. The summed E-state index contributed by atoms with van der Waals surface area (Å²) in [6.07, 6.45) is 0. The highest BCUT2D eigenvalue weighted by atomic mass is 32.2. The van der Waals surface area contributed by atoms with Gasteiger partial charge in [0.1, 0.15) is 10.6 Å². The van der Waals surface area contributed by atoms with E-state index in [1.807, 2.05) is 26.0 Å². The molecule has 0 fully saturated rings. The lowest BCUT2D eigenvalue weighted by Gasteiger charge is -2.21. The topological polar surface area (TPSA) is 105 Å². The predicted octanol–water partition coefficient (Wildman–Crippen LogP) is 1.76. The van der Waals surface area contributed by atoms with Gasteiger partial charge in [-0.15, -0.1) is 4.83 Å². The van der Waals surface area contributed by atoms with Gasteiger partial charge in [0.05, 0.1) is 0 Å². The molecule has 0 aliphatic rings. The number of rotatable bonds is 7. The summed E-state index contributed by atoms with van der Waals surface area (Å²) in [6, 6.07) is 6.94. The number of aryl methyl sites for hydroxylation is 2. The van der Waals surface area contributed by atoms with Crippen molar-refractivity contribution in [3.63, 3.8) is 0 Å². The molecule has 0 spiro atoms. The van der Waals surface area contributed by atoms with Crippen molar-refractivity contribution in [2.45, 2.75) is 32.6 Å². The van der Waals surface area contributed by atoms with Crippen LogP contribution in [0, 0.1) is 13.8 Å². The Hall–Kier alpha value is -2.39. The summed E-state index contributed by atoms with van der Waals surface area (Å²) in [4.78, 5) is 16.3. The van der Waals surface area contributed by atoms with Gasteiger partial charge in [0.25, 0.3) is 15.9 Å². The van der Waals surface area contributed by atoms with E-state index < -0.39 is 15.9 Å². The zero-order chi connectivity index (χ0) is 18.6. The van der Waals surface area contributed by atoms with Crippen LogP contribution in [0.2, 0.25) is 0 Å². The molecule has 2 N–H and O–H groups in total. The molecule has 2 aromatic rings. The maximum absolute atomic E-state index is 12.3. The molecule has 0 saturated heterocycles. The van der Waals surface area contributed by atoms with E-state index in [-0.39, 0.29) is 16.3 Å². The van der Waals surface area contributed by atoms with E-state index in [0.717, 1.165) is 18.8 Å². The molecular weight excluding hydrogens is 344 g/mol. The first-order valence-corrected chi connectivity index (χ1v) is 9.38. The fraction of sp³-hybridized carbons (Fsp3) is 0.375. The first-order valence-electron chi connectivity index (χ1n) is 7.90. The predicted molar refractivity (Wildman–Crippen MR) is 93.8 cm³/mol. The van der Waals surface area contributed by atoms with Gasteiger partial charge >= 0.3 is 0 Å². The van der Waals surface area contributed by atoms with E-state index >= 15 is 0 Å². The number of nitrogens with zero attached hydrogens (tertiary/aromatic N) is 2. The number of carbonyl (C=O) groups excluding carboxylic acids is 1. The van der Waals surface area contributed by atoms with Crippen LogP contribution in [-0.4, -0.2) is 32.6 Å². The molecule has 9 heteroatoms. The van der Waals surface area contributed by atoms with Crippen LogP contribution in [0.15, 0.2) is 33.7 Å². The van der Waals surface area contributed by atoms with Crippen molar-refractivity contribution in [1.82, 2.24) is 15.4 Å². The van der Waals surface area contributed by atoms with Gasteiger partial charge in [0, 0.05) is 24.3 Å². The van der Waals surface area contributed by atoms with Crippen LogP contribution in [0.1, 0.15) is 35.7 Å². The average molecular weight is 366 g/mol. The highest BCUT2D eigenvalue weighted by Crippen LogP contribution is 2.18. The zero-order valence-electron chi connectivity index (χ0n) is 14.7. The molecule has 1 amide bonds. The number of benzene rings is 1. The second-order valence-corrected chi connectivity index (χ2v) is 7.05. The maximum atomic E-state index is 12.3. The average Bonchev–Trinajstić information content (AvgIpc) is 2.94. The molecule has 1 aromatic heterocycles. The number of hydrogen-bond acceptors (Lipinski definition) is 6. The molecule has 1 heterocycles. The Bertz CT molecular complexity index is 820. The largest absolute Gasteiger partial charge is 0.372 e. The van der Waals surface area contributed by atoms with Crippen molar-refractivity contribution in [1.29, 1.82) is 0 Å². The molecule has 0 unspecified atom stereocenters. The van der Waals surface area contributed by atoms with Gasteiger partial charge in [-0.05, 0) is 52.0 Å². The second-order valence-electron chi connectivity index (χ2n) is 5.43. The first-order chi connectivity index (χ1) is 11.8. The Kier molecular flexibility index (Phi) is 5.81. The lowest BCUT2D eigenvalue weighted by Crippen LogP contribution is -2.41. The summed E-state index contributed by atoms with van der Waals surface area (Å²) in [5, 5.41) is 3.60. The van der Waals surface area contributed by atoms with Gasteiger partial charge in [-0.2, -0.15) is 0 Å². The summed E-state index contributed by atoms with van der Waals surface area (Å²) >= 11 is 0. The van der Waals surface area contributed by atoms with Crippen molar-refractivity contribution in [3.05, 3.63) is 41.3 Å². The Labute approximate surface area is 147 Å². The Morgan fingerprint density at radius 1 is 1.16 bits per heavy atom. The number of aromatic nitrogens is 1. The minimum absolute atomic E-state index is 0.0790. The first kappa shape index (κ1) is 18.9. The van der Waals surface area contributed by atoms with Gasteiger partial charge in [0.2, 0.25) is 0 Å². The fourth-order valence-electron chi connectivity index (χ4n) is 2.51. The van der Waals surface area contributed by atoms with E-state index in [0.29, 0.717) is 5.56 Å². The summed E-state index contributed by atoms with van der Waals surface area (Å²) in [5.41, 5.74) is 3.77. The summed E-state index contributed by atoms with van der Waals surface area (Å²) in [5.74, 6) is -0.399. The number of sulfonamides is 1. The maximum Gasteiger partial charge on any atom is 0.266 e. The smallest absolute Gasteiger partial charge is 0.266 e. The van der Waals surface area contributed by atoms with Gasteiger partial charge in [-0.1, -0.05) is 5.16 Å². The third-order valence-electron chi connectivity index (χ3n) is 3.79. The van der Waals surface area contributed by atoms with Crippen molar-refractivity contribution in [2.24, 2.45) is 0 Å². The van der Waals surface area contributed by atoms with E-state index in [2.05, 4.69) is 20.3 Å². The van der Waals surface area contributed by atoms with Crippen LogP contribution in [0.3, 0.4) is 0 Å². The normalized spacial score (nSPS) is 11.4. The monoisotopic (exact) mass is 366 g/mol. The van der Waals surface area contributed by atoms with E-state index in [1.54, 1.807) is 12.1 Å². The quantitative estimate of drug-likeness (QED) is 0.724. The van der Waals surface area contributed by atoms with Crippen LogP contribution < -0.4 is 15.2 Å². The van der Waals surface area contributed by atoms with Gasteiger partial charge < -0.3 is 9.42 Å². The van der Waals surface area contributed by atoms with Crippen LogP contribution in [-0.2, 0) is 10.0 Å². The van der Waals surface area contributed by atoms with E-state index in [9.17, 15) is 13.2 Å². The Morgan fingerprint density at radius 2 is 1.76 bits per heavy atom. The molecule has 1 aromatic carbocycles. The van der Waals surface area contributed by atoms with Crippen LogP contribution in [0.5, 0.6) is 0 Å². The van der Waals surface area contributed by atoms with Crippen LogP contribution in [0.25, 0.3) is 0 Å². The van der Waals surface area contributed by atoms with E-state index in [1.165, 1.54) is 13.8 Å². The summed E-state index contributed by atoms with van der Waals surface area (Å²) in [7, 11) is -3.96. The van der Waals surface area contributed by atoms with Gasteiger partial charge in [-0.25, -0.2) is 8.42 Å². The van der Waals surface area contributed by atoms with Crippen molar-refractivity contribution < 1.29 is 17.7 Å². The SMILES string of the molecule is CCN(CC)c1ccc(C(=O)NNS(=O)(=O)c2c(C)noc2C)cc1. The third kappa shape index (κ3) is 4.18. The lowest BCUT2D eigenvalue weighted by molar-refractivity contribution is 0.0945. The standard InChI is InChI=1S/C16H22N4O4S/c1-5-20(6-2)14-9-7-13(8-10-14)16(21)17-19-25(22,23)15-11(3)18-24-12(15)4/h7-10,19H,5-6H2,1-4H3,(H,17,21). The number of carbonyl (C=O) groups is 1. The molecule has 136 valence electrons. The summed E-state index contributed by atoms with van der Waals surface area (Å²) < 4.78 is 29.4. The minimum atomic E-state index is -3.96. The second kappa shape index (κ2) is 7.66. The third-order valence-corrected chi connectivity index (χ3v) is 5.28. The van der Waals surface area contributed by atoms with Crippen molar-refractivity contribution >= 4 is 21.6 Å². The summed E-state index contributed by atoms with van der Waals surface area (Å²) in [6.45, 7) is 8.82. The molecule has 0 aliphatic carbocycles. The number of hydrazine groups is 1. The molecule has 25 heavy (non-hydrogen) atoms. The fourth-order valence-corrected chi connectivity index (χ4v) is 3.68. The van der Waals surface area contributed by atoms with Crippen molar-refractivity contribution in [2.75, 3.05) is 18.0 Å². The van der Waals surface area contributed by atoms with Crippen LogP contribution in [0.4, 0.5) is 5.69 Å². The number of anilines is 1. The molecule has 8 nitrogen and oxygen atoms in total. The molecular formula is C16H22N4O4S. The minimum Gasteiger partial charge on any atom is -0.372 e. The molecule has 0 saturated carbocycles. The number of hydrogen-bond donors (Lipinski definition) is 2. The molecule has 0 bridgehead atoms. The molecule has 0 radical (unpaired) electrons. The van der Waals surface area contributed by atoms with Gasteiger partial charge in [0.15, 0.2) is 5.76 Å². The van der Waals surface area contributed by atoms with E-state index in [4.69, 9.17) is 4.52 Å². The number of amides is 1. The molecule has 0 atom stereocenters. The highest BCUT2D eigenvalue weighted by Gasteiger charge is 2.24. The number of nitrogens with one attached hydrogen (secondary N) is 2. The molecule has 0 aliphatic heterocycles. The lowest BCUT2D eigenvalue weighted by atomic mass is 10.2. The Morgan fingerprint density at radius 3 is 2.24 bits per heavy atom. The molecule has 2 rings (SSSR count). The Balaban J connectivity index is 2.07.